The van der Waals surface area contributed by atoms with Gasteiger partial charge in [-0.2, -0.15) is 0 Å². The zero-order valence-electron chi connectivity index (χ0n) is 12.0. The lowest BCUT2D eigenvalue weighted by atomic mass is 9.72. The van der Waals surface area contributed by atoms with E-state index in [2.05, 4.69) is 16.4 Å². The lowest BCUT2D eigenvalue weighted by Gasteiger charge is -2.36. The predicted octanol–water partition coefficient (Wildman–Crippen LogP) is 4.13. The Balaban J connectivity index is 1.72. The molecule has 1 aliphatic rings. The third-order valence-corrected chi connectivity index (χ3v) is 5.34. The Morgan fingerprint density at radius 2 is 2.05 bits per heavy atom. The largest absolute Gasteiger partial charge is 0.481 e. The number of carbonyl (C=O) groups is 1. The quantitative estimate of drug-likeness (QED) is 0.871. The second-order valence-corrected chi connectivity index (χ2v) is 7.00. The lowest BCUT2D eigenvalue weighted by molar-refractivity contribution is -0.140. The number of aromatic nitrogens is 1. The minimum atomic E-state index is -0.692. The summed E-state index contributed by atoms with van der Waals surface area (Å²) in [4.78, 5) is 15.8. The summed E-state index contributed by atoms with van der Waals surface area (Å²) in [6, 6.07) is 8.06. The van der Waals surface area contributed by atoms with E-state index in [0.717, 1.165) is 41.0 Å². The highest BCUT2D eigenvalue weighted by Crippen LogP contribution is 2.40. The molecular weight excluding hydrogens is 284 g/mol. The molecular formula is C16H20N2O2S. The highest BCUT2D eigenvalue weighted by atomic mass is 32.1. The number of anilines is 1. The van der Waals surface area contributed by atoms with Crippen LogP contribution in [0.5, 0.6) is 0 Å². The predicted molar refractivity (Wildman–Crippen MR) is 85.9 cm³/mol. The maximum absolute atomic E-state index is 11.2. The summed E-state index contributed by atoms with van der Waals surface area (Å²) in [5, 5.41) is 13.5. The van der Waals surface area contributed by atoms with E-state index in [4.69, 9.17) is 0 Å². The van der Waals surface area contributed by atoms with E-state index in [0.29, 0.717) is 6.54 Å². The fourth-order valence-corrected chi connectivity index (χ4v) is 4.11. The van der Waals surface area contributed by atoms with Gasteiger partial charge in [0, 0.05) is 6.54 Å². The molecule has 2 aromatic rings. The Labute approximate surface area is 128 Å². The van der Waals surface area contributed by atoms with Crippen molar-refractivity contribution in [3.63, 3.8) is 0 Å². The van der Waals surface area contributed by atoms with Crippen LogP contribution in [0, 0.1) is 5.41 Å². The number of para-hydroxylation sites is 1. The Bertz CT molecular complexity index is 599. The molecule has 1 aromatic heterocycles. The lowest BCUT2D eigenvalue weighted by Crippen LogP contribution is -2.34. The minimum absolute atomic E-state index is 0.109. The van der Waals surface area contributed by atoms with Gasteiger partial charge in [-0.25, -0.2) is 4.98 Å². The van der Waals surface area contributed by atoms with Gasteiger partial charge < -0.3 is 10.4 Å². The molecule has 21 heavy (non-hydrogen) atoms. The SMILES string of the molecule is O=C(O)CC1(CNc2nc3ccccc3s2)CCCCC1. The zero-order valence-corrected chi connectivity index (χ0v) is 12.8. The maximum Gasteiger partial charge on any atom is 0.303 e. The van der Waals surface area contributed by atoms with Crippen molar-refractivity contribution >= 4 is 32.7 Å². The number of fused-ring (bicyclic) bond motifs is 1. The molecule has 1 aromatic carbocycles. The van der Waals surface area contributed by atoms with Gasteiger partial charge in [0.25, 0.3) is 0 Å². The third kappa shape index (κ3) is 3.35. The molecule has 0 atom stereocenters. The van der Waals surface area contributed by atoms with Crippen molar-refractivity contribution in [1.82, 2.24) is 4.98 Å². The van der Waals surface area contributed by atoms with E-state index in [1.165, 1.54) is 6.42 Å². The van der Waals surface area contributed by atoms with Crippen LogP contribution in [0.25, 0.3) is 10.2 Å². The summed E-state index contributed by atoms with van der Waals surface area (Å²) in [6.07, 6.45) is 5.74. The molecule has 3 rings (SSSR count). The summed E-state index contributed by atoms with van der Waals surface area (Å²) in [6.45, 7) is 0.707. The highest BCUT2D eigenvalue weighted by molar-refractivity contribution is 7.22. The smallest absolute Gasteiger partial charge is 0.303 e. The fourth-order valence-electron chi connectivity index (χ4n) is 3.25. The van der Waals surface area contributed by atoms with Crippen LogP contribution in [0.15, 0.2) is 24.3 Å². The Morgan fingerprint density at radius 3 is 2.76 bits per heavy atom. The van der Waals surface area contributed by atoms with Crippen molar-refractivity contribution in [2.75, 3.05) is 11.9 Å². The first-order valence-electron chi connectivity index (χ1n) is 7.48. The normalized spacial score (nSPS) is 17.7. The van der Waals surface area contributed by atoms with Gasteiger partial charge in [0.15, 0.2) is 5.13 Å². The molecule has 1 saturated carbocycles. The molecule has 0 spiro atoms. The van der Waals surface area contributed by atoms with Gasteiger partial charge >= 0.3 is 5.97 Å². The summed E-state index contributed by atoms with van der Waals surface area (Å²) < 4.78 is 1.16. The van der Waals surface area contributed by atoms with E-state index < -0.39 is 5.97 Å². The fraction of sp³-hybridized carbons (Fsp3) is 0.500. The molecule has 5 heteroatoms. The number of nitrogens with one attached hydrogen (secondary N) is 1. The molecule has 0 amide bonds. The van der Waals surface area contributed by atoms with Crippen LogP contribution in [0.2, 0.25) is 0 Å². The Morgan fingerprint density at radius 1 is 1.29 bits per heavy atom. The molecule has 112 valence electrons. The van der Waals surface area contributed by atoms with Crippen molar-refractivity contribution in [1.29, 1.82) is 0 Å². The van der Waals surface area contributed by atoms with E-state index in [1.807, 2.05) is 18.2 Å². The molecule has 0 bridgehead atoms. The van der Waals surface area contributed by atoms with Crippen molar-refractivity contribution in [3.8, 4) is 0 Å². The van der Waals surface area contributed by atoms with Crippen LogP contribution in [0.4, 0.5) is 5.13 Å². The van der Waals surface area contributed by atoms with Crippen molar-refractivity contribution in [3.05, 3.63) is 24.3 Å². The van der Waals surface area contributed by atoms with Crippen LogP contribution in [0.1, 0.15) is 38.5 Å². The van der Waals surface area contributed by atoms with E-state index >= 15 is 0 Å². The van der Waals surface area contributed by atoms with Gasteiger partial charge in [0.1, 0.15) is 0 Å². The molecule has 2 N–H and O–H groups in total. The number of benzene rings is 1. The van der Waals surface area contributed by atoms with E-state index in [9.17, 15) is 9.90 Å². The molecule has 0 saturated heterocycles. The zero-order chi connectivity index (χ0) is 14.7. The average molecular weight is 304 g/mol. The molecule has 0 unspecified atom stereocenters. The van der Waals surface area contributed by atoms with Crippen molar-refractivity contribution < 1.29 is 9.90 Å². The van der Waals surface area contributed by atoms with Crippen molar-refractivity contribution in [2.24, 2.45) is 5.41 Å². The number of hydrogen-bond donors (Lipinski definition) is 2. The number of rotatable bonds is 5. The second-order valence-electron chi connectivity index (χ2n) is 5.97. The Kier molecular flexibility index (Phi) is 4.10. The topological polar surface area (TPSA) is 62.2 Å². The third-order valence-electron chi connectivity index (χ3n) is 4.35. The molecule has 1 aliphatic carbocycles. The second kappa shape index (κ2) is 6.02. The maximum atomic E-state index is 11.2. The molecule has 1 fully saturated rings. The molecule has 1 heterocycles. The van der Waals surface area contributed by atoms with Gasteiger partial charge in [-0.15, -0.1) is 0 Å². The number of carboxylic acids is 1. The van der Waals surface area contributed by atoms with Gasteiger partial charge in [0.2, 0.25) is 0 Å². The number of hydrogen-bond acceptors (Lipinski definition) is 4. The molecule has 0 radical (unpaired) electrons. The van der Waals surface area contributed by atoms with Gasteiger partial charge in [-0.1, -0.05) is 42.7 Å². The monoisotopic (exact) mass is 304 g/mol. The van der Waals surface area contributed by atoms with Crippen molar-refractivity contribution in [2.45, 2.75) is 38.5 Å². The number of thiazole rings is 1. The first kappa shape index (κ1) is 14.3. The van der Waals surface area contributed by atoms with Gasteiger partial charge in [0.05, 0.1) is 16.6 Å². The summed E-state index contributed by atoms with van der Waals surface area (Å²) in [7, 11) is 0. The number of nitrogens with zero attached hydrogens (tertiary/aromatic N) is 1. The summed E-state index contributed by atoms with van der Waals surface area (Å²) in [5.74, 6) is -0.692. The van der Waals surface area contributed by atoms with Gasteiger partial charge in [-0.3, -0.25) is 4.79 Å². The average Bonchev–Trinajstić information content (AvgIpc) is 2.88. The van der Waals surface area contributed by atoms with Crippen LogP contribution in [-0.2, 0) is 4.79 Å². The number of carboxylic acid groups (broad SMARTS) is 1. The Hall–Kier alpha value is -1.62. The van der Waals surface area contributed by atoms with Crippen LogP contribution < -0.4 is 5.32 Å². The first-order valence-corrected chi connectivity index (χ1v) is 8.30. The van der Waals surface area contributed by atoms with Crippen LogP contribution >= 0.6 is 11.3 Å². The molecule has 0 aliphatic heterocycles. The minimum Gasteiger partial charge on any atom is -0.481 e. The summed E-state index contributed by atoms with van der Waals surface area (Å²) in [5.41, 5.74) is 0.892. The van der Waals surface area contributed by atoms with Crippen LogP contribution in [-0.4, -0.2) is 22.6 Å². The van der Waals surface area contributed by atoms with Crippen LogP contribution in [0.3, 0.4) is 0 Å². The summed E-state index contributed by atoms with van der Waals surface area (Å²) >= 11 is 1.63. The highest BCUT2D eigenvalue weighted by Gasteiger charge is 2.34. The number of aliphatic carboxylic acids is 1. The molecule has 4 nitrogen and oxygen atoms in total. The van der Waals surface area contributed by atoms with Gasteiger partial charge in [-0.05, 0) is 30.4 Å². The first-order chi connectivity index (χ1) is 10.2. The standard InChI is InChI=1S/C16H20N2O2S/c19-14(20)10-16(8-4-1-5-9-16)11-17-15-18-12-6-2-3-7-13(12)21-15/h2-3,6-7H,1,4-5,8-11H2,(H,17,18)(H,19,20). The van der Waals surface area contributed by atoms with E-state index in [-0.39, 0.29) is 11.8 Å². The van der Waals surface area contributed by atoms with E-state index in [1.54, 1.807) is 11.3 Å².